The summed E-state index contributed by atoms with van der Waals surface area (Å²) in [7, 11) is 0. The number of nitriles is 1. The average molecular weight is 318 g/mol. The van der Waals surface area contributed by atoms with Crippen molar-refractivity contribution in [3.05, 3.63) is 40.5 Å². The minimum atomic E-state index is 0.589. The summed E-state index contributed by atoms with van der Waals surface area (Å²) in [6.07, 6.45) is 0. The van der Waals surface area contributed by atoms with Crippen LogP contribution in [0.4, 0.5) is 5.69 Å². The molecule has 3 rings (SSSR count). The molecule has 0 atom stereocenters. The number of aryl methyl sites for hydroxylation is 1. The quantitative estimate of drug-likeness (QED) is 0.864. The molecule has 0 bridgehead atoms. The Balaban J connectivity index is 1.63. The molecular weight excluding hydrogens is 302 g/mol. The summed E-state index contributed by atoms with van der Waals surface area (Å²) in [5, 5.41) is 13.6. The van der Waals surface area contributed by atoms with Gasteiger partial charge in [-0.2, -0.15) is 10.2 Å². The van der Waals surface area contributed by atoms with Gasteiger partial charge in [0.05, 0.1) is 17.8 Å². The lowest BCUT2D eigenvalue weighted by molar-refractivity contribution is 0.215. The van der Waals surface area contributed by atoms with E-state index in [1.807, 2.05) is 19.1 Å². The molecule has 1 aliphatic rings. The van der Waals surface area contributed by atoms with E-state index in [1.165, 1.54) is 0 Å². The highest BCUT2D eigenvalue weighted by Gasteiger charge is 2.21. The van der Waals surface area contributed by atoms with Gasteiger partial charge in [0, 0.05) is 31.2 Å². The van der Waals surface area contributed by atoms with Gasteiger partial charge in [0.25, 0.3) is 0 Å². The van der Waals surface area contributed by atoms with Gasteiger partial charge >= 0.3 is 0 Å². The highest BCUT2D eigenvalue weighted by Crippen LogP contribution is 2.25. The number of hydrogen-bond donors (Lipinski definition) is 0. The second-order valence-corrected chi connectivity index (χ2v) is 5.71. The highest BCUT2D eigenvalue weighted by molar-refractivity contribution is 6.30. The van der Waals surface area contributed by atoms with Gasteiger partial charge in [0.2, 0.25) is 5.89 Å². The van der Waals surface area contributed by atoms with Crippen molar-refractivity contribution >= 4 is 17.3 Å². The predicted molar refractivity (Wildman–Crippen MR) is 82.7 cm³/mol. The Morgan fingerprint density at radius 3 is 2.73 bits per heavy atom. The topological polar surface area (TPSA) is 69.2 Å². The molecule has 1 saturated heterocycles. The van der Waals surface area contributed by atoms with Crippen molar-refractivity contribution in [3.8, 4) is 6.07 Å². The normalized spacial score (nSPS) is 15.8. The van der Waals surface area contributed by atoms with E-state index >= 15 is 0 Å². The molecule has 0 saturated carbocycles. The zero-order valence-corrected chi connectivity index (χ0v) is 13.0. The zero-order valence-electron chi connectivity index (χ0n) is 12.3. The SMILES string of the molecule is Cc1noc(CN2CCN(c3ccc(Cl)cc3C#N)CC2)n1. The number of aromatic nitrogens is 2. The number of anilines is 1. The summed E-state index contributed by atoms with van der Waals surface area (Å²) in [5.74, 6) is 1.31. The maximum Gasteiger partial charge on any atom is 0.240 e. The van der Waals surface area contributed by atoms with Crippen molar-refractivity contribution in [3.63, 3.8) is 0 Å². The Labute approximate surface area is 133 Å². The molecule has 7 heteroatoms. The van der Waals surface area contributed by atoms with Crippen LogP contribution in [0.5, 0.6) is 0 Å². The van der Waals surface area contributed by atoms with Crippen molar-refractivity contribution in [2.45, 2.75) is 13.5 Å². The molecular formula is C15H16ClN5O. The minimum Gasteiger partial charge on any atom is -0.368 e. The molecule has 0 radical (unpaired) electrons. The summed E-state index contributed by atoms with van der Waals surface area (Å²) in [4.78, 5) is 8.71. The third-order valence-corrected chi connectivity index (χ3v) is 3.96. The van der Waals surface area contributed by atoms with Gasteiger partial charge in [-0.05, 0) is 25.1 Å². The van der Waals surface area contributed by atoms with Crippen LogP contribution in [0.2, 0.25) is 5.02 Å². The molecule has 1 fully saturated rings. The lowest BCUT2D eigenvalue weighted by Crippen LogP contribution is -2.46. The molecule has 2 aromatic rings. The number of halogens is 1. The first-order chi connectivity index (χ1) is 10.7. The predicted octanol–water partition coefficient (Wildman–Crippen LogP) is 2.23. The van der Waals surface area contributed by atoms with Gasteiger partial charge < -0.3 is 9.42 Å². The first kappa shape index (κ1) is 14.8. The van der Waals surface area contributed by atoms with Crippen molar-refractivity contribution in [1.82, 2.24) is 15.0 Å². The first-order valence-corrected chi connectivity index (χ1v) is 7.49. The Morgan fingerprint density at radius 2 is 2.09 bits per heavy atom. The van der Waals surface area contributed by atoms with Crippen LogP contribution in [0.1, 0.15) is 17.3 Å². The lowest BCUT2D eigenvalue weighted by Gasteiger charge is -2.35. The smallest absolute Gasteiger partial charge is 0.240 e. The van der Waals surface area contributed by atoms with E-state index in [1.54, 1.807) is 6.07 Å². The lowest BCUT2D eigenvalue weighted by atomic mass is 10.1. The Bertz CT molecular complexity index is 700. The number of nitrogens with zero attached hydrogens (tertiary/aromatic N) is 5. The summed E-state index contributed by atoms with van der Waals surface area (Å²) in [6, 6.07) is 7.67. The van der Waals surface area contributed by atoms with E-state index in [-0.39, 0.29) is 0 Å². The standard InChI is InChI=1S/C15H16ClN5O/c1-11-18-15(22-19-11)10-20-4-6-21(7-5-20)14-3-2-13(16)8-12(14)9-17/h2-3,8H,4-7,10H2,1H3. The third-order valence-electron chi connectivity index (χ3n) is 3.72. The fourth-order valence-electron chi connectivity index (χ4n) is 2.62. The maximum atomic E-state index is 9.25. The van der Waals surface area contributed by atoms with Crippen molar-refractivity contribution < 1.29 is 4.52 Å². The van der Waals surface area contributed by atoms with Crippen molar-refractivity contribution in [2.75, 3.05) is 31.1 Å². The van der Waals surface area contributed by atoms with E-state index in [4.69, 9.17) is 16.1 Å². The molecule has 0 N–H and O–H groups in total. The van der Waals surface area contributed by atoms with Gasteiger partial charge in [-0.1, -0.05) is 16.8 Å². The molecule has 0 unspecified atom stereocenters. The molecule has 6 nitrogen and oxygen atoms in total. The summed E-state index contributed by atoms with van der Waals surface area (Å²) >= 11 is 5.95. The zero-order chi connectivity index (χ0) is 15.5. The van der Waals surface area contributed by atoms with E-state index in [2.05, 4.69) is 26.0 Å². The van der Waals surface area contributed by atoms with Crippen LogP contribution in [0.25, 0.3) is 0 Å². The van der Waals surface area contributed by atoms with Crippen molar-refractivity contribution in [2.24, 2.45) is 0 Å². The fraction of sp³-hybridized carbons (Fsp3) is 0.400. The summed E-state index contributed by atoms with van der Waals surface area (Å²) in [6.45, 7) is 5.95. The molecule has 0 aliphatic carbocycles. The number of benzene rings is 1. The summed E-state index contributed by atoms with van der Waals surface area (Å²) < 4.78 is 5.15. The number of rotatable bonds is 3. The minimum absolute atomic E-state index is 0.589. The van der Waals surface area contributed by atoms with E-state index in [9.17, 15) is 5.26 Å². The molecule has 0 amide bonds. The van der Waals surface area contributed by atoms with E-state index in [0.29, 0.717) is 28.8 Å². The molecule has 2 heterocycles. The Hall–Kier alpha value is -2.10. The Morgan fingerprint density at radius 1 is 1.32 bits per heavy atom. The van der Waals surface area contributed by atoms with Crippen LogP contribution in [0.15, 0.2) is 22.7 Å². The highest BCUT2D eigenvalue weighted by atomic mass is 35.5. The first-order valence-electron chi connectivity index (χ1n) is 7.12. The van der Waals surface area contributed by atoms with Crippen LogP contribution in [0, 0.1) is 18.3 Å². The van der Waals surface area contributed by atoms with Gasteiger partial charge in [-0.3, -0.25) is 4.90 Å². The number of hydrogen-bond acceptors (Lipinski definition) is 6. The fourth-order valence-corrected chi connectivity index (χ4v) is 2.79. The third kappa shape index (κ3) is 3.21. The molecule has 0 spiro atoms. The van der Waals surface area contributed by atoms with Gasteiger partial charge in [-0.15, -0.1) is 0 Å². The van der Waals surface area contributed by atoms with Crippen LogP contribution >= 0.6 is 11.6 Å². The van der Waals surface area contributed by atoms with E-state index < -0.39 is 0 Å². The van der Waals surface area contributed by atoms with Gasteiger partial charge in [0.15, 0.2) is 5.82 Å². The monoisotopic (exact) mass is 317 g/mol. The van der Waals surface area contributed by atoms with Gasteiger partial charge in [-0.25, -0.2) is 0 Å². The second kappa shape index (κ2) is 6.34. The summed E-state index contributed by atoms with van der Waals surface area (Å²) in [5.41, 5.74) is 1.56. The van der Waals surface area contributed by atoms with Crippen LogP contribution < -0.4 is 4.90 Å². The maximum absolute atomic E-state index is 9.25. The number of piperazine rings is 1. The molecule has 114 valence electrons. The molecule has 1 aliphatic heterocycles. The molecule has 1 aromatic heterocycles. The Kier molecular flexibility index (Phi) is 4.27. The van der Waals surface area contributed by atoms with Crippen molar-refractivity contribution in [1.29, 1.82) is 5.26 Å². The molecule has 22 heavy (non-hydrogen) atoms. The van der Waals surface area contributed by atoms with Crippen LogP contribution in [-0.2, 0) is 6.54 Å². The molecule has 1 aromatic carbocycles. The van der Waals surface area contributed by atoms with E-state index in [0.717, 1.165) is 31.9 Å². The van der Waals surface area contributed by atoms with Crippen LogP contribution in [-0.4, -0.2) is 41.2 Å². The van der Waals surface area contributed by atoms with Gasteiger partial charge in [0.1, 0.15) is 6.07 Å². The van der Waals surface area contributed by atoms with Crippen LogP contribution in [0.3, 0.4) is 0 Å². The second-order valence-electron chi connectivity index (χ2n) is 5.27. The average Bonchev–Trinajstić information content (AvgIpc) is 2.93. The largest absolute Gasteiger partial charge is 0.368 e.